The van der Waals surface area contributed by atoms with Gasteiger partial charge in [-0.1, -0.05) is 68.3 Å². The minimum atomic E-state index is 0.121. The highest BCUT2D eigenvalue weighted by Crippen LogP contribution is 2.38. The van der Waals surface area contributed by atoms with Gasteiger partial charge in [0.25, 0.3) is 0 Å². The molecule has 0 radical (unpaired) electrons. The van der Waals surface area contributed by atoms with Gasteiger partial charge in [0.2, 0.25) is 0 Å². The molecule has 0 amide bonds. The highest BCUT2D eigenvalue weighted by Gasteiger charge is 2.21. The number of hydrogen-bond donors (Lipinski definition) is 0. The molecule has 1 fully saturated rings. The first-order valence-electron chi connectivity index (χ1n) is 9.38. The van der Waals surface area contributed by atoms with E-state index in [1.54, 1.807) is 6.92 Å². The van der Waals surface area contributed by atoms with Gasteiger partial charge < -0.3 is 0 Å². The summed E-state index contributed by atoms with van der Waals surface area (Å²) in [7, 11) is 0. The van der Waals surface area contributed by atoms with Crippen molar-refractivity contribution >= 4 is 5.78 Å². The van der Waals surface area contributed by atoms with Crippen LogP contribution in [0.4, 0.5) is 0 Å². The van der Waals surface area contributed by atoms with Crippen LogP contribution in [0, 0.1) is 5.92 Å². The van der Waals surface area contributed by atoms with Crippen molar-refractivity contribution < 1.29 is 4.79 Å². The summed E-state index contributed by atoms with van der Waals surface area (Å²) in [5.41, 5.74) is 4.68. The number of rotatable bonds is 5. The summed E-state index contributed by atoms with van der Waals surface area (Å²) in [6.45, 7) is 3.91. The van der Waals surface area contributed by atoms with Gasteiger partial charge >= 0.3 is 0 Å². The molecule has 0 bridgehead atoms. The largest absolute Gasteiger partial charge is 0.295 e. The Morgan fingerprint density at radius 2 is 1.42 bits per heavy atom. The van der Waals surface area contributed by atoms with Gasteiger partial charge in [0.05, 0.1) is 0 Å². The van der Waals surface area contributed by atoms with Gasteiger partial charge in [0.15, 0.2) is 5.78 Å². The summed E-state index contributed by atoms with van der Waals surface area (Å²) in [4.78, 5) is 11.4. The lowest BCUT2D eigenvalue weighted by molar-refractivity contribution is 0.101. The quantitative estimate of drug-likeness (QED) is 0.565. The van der Waals surface area contributed by atoms with E-state index in [0.717, 1.165) is 17.4 Å². The van der Waals surface area contributed by atoms with Crippen molar-refractivity contribution in [3.8, 4) is 11.1 Å². The van der Waals surface area contributed by atoms with Crippen molar-refractivity contribution in [1.29, 1.82) is 0 Å². The summed E-state index contributed by atoms with van der Waals surface area (Å²) < 4.78 is 0. The predicted octanol–water partition coefficient (Wildman–Crippen LogP) is 6.63. The smallest absolute Gasteiger partial charge is 0.159 e. The van der Waals surface area contributed by atoms with E-state index in [2.05, 4.69) is 31.2 Å². The molecule has 1 aliphatic rings. The van der Waals surface area contributed by atoms with E-state index in [0.29, 0.717) is 0 Å². The molecule has 2 aromatic carbocycles. The zero-order valence-corrected chi connectivity index (χ0v) is 14.9. The minimum Gasteiger partial charge on any atom is -0.295 e. The van der Waals surface area contributed by atoms with Crippen molar-refractivity contribution in [3.63, 3.8) is 0 Å². The maximum absolute atomic E-state index is 11.4. The molecule has 0 N–H and O–H groups in total. The van der Waals surface area contributed by atoms with E-state index in [-0.39, 0.29) is 5.78 Å². The highest BCUT2D eigenvalue weighted by molar-refractivity contribution is 5.94. The Balaban J connectivity index is 1.66. The summed E-state index contributed by atoms with van der Waals surface area (Å²) in [5.74, 6) is 1.83. The van der Waals surface area contributed by atoms with Gasteiger partial charge in [-0.3, -0.25) is 4.79 Å². The zero-order valence-electron chi connectivity index (χ0n) is 14.9. The molecule has 24 heavy (non-hydrogen) atoms. The topological polar surface area (TPSA) is 17.1 Å². The van der Waals surface area contributed by atoms with Crippen molar-refractivity contribution in [2.24, 2.45) is 5.92 Å². The number of Topliss-reactive ketones (excluding diaryl/α,β-unsaturated/α-hetero) is 1. The van der Waals surface area contributed by atoms with Gasteiger partial charge in [-0.25, -0.2) is 0 Å². The third kappa shape index (κ3) is 3.95. The molecule has 0 atom stereocenters. The molecule has 126 valence electrons. The maximum Gasteiger partial charge on any atom is 0.159 e. The molecule has 0 saturated heterocycles. The second-order valence-electron chi connectivity index (χ2n) is 7.26. The van der Waals surface area contributed by atoms with E-state index in [1.807, 2.05) is 24.3 Å². The molecule has 1 aliphatic carbocycles. The van der Waals surface area contributed by atoms with E-state index in [4.69, 9.17) is 0 Å². The second kappa shape index (κ2) is 7.79. The number of hydrogen-bond acceptors (Lipinski definition) is 1. The van der Waals surface area contributed by atoms with Crippen LogP contribution in [0.3, 0.4) is 0 Å². The molecule has 0 heterocycles. The average Bonchev–Trinajstić information content (AvgIpc) is 2.63. The van der Waals surface area contributed by atoms with Gasteiger partial charge in [-0.05, 0) is 61.1 Å². The van der Waals surface area contributed by atoms with Crippen LogP contribution >= 0.6 is 0 Å². The van der Waals surface area contributed by atoms with Crippen molar-refractivity contribution in [3.05, 3.63) is 59.7 Å². The molecule has 1 nitrogen and oxygen atoms in total. The molecular weight excluding hydrogens is 292 g/mol. The van der Waals surface area contributed by atoms with E-state index in [9.17, 15) is 4.79 Å². The number of benzene rings is 2. The van der Waals surface area contributed by atoms with Crippen LogP contribution in [-0.2, 0) is 0 Å². The lowest BCUT2D eigenvalue weighted by atomic mass is 9.77. The Kier molecular flexibility index (Phi) is 5.50. The molecule has 0 unspecified atom stereocenters. The van der Waals surface area contributed by atoms with Crippen LogP contribution in [0.5, 0.6) is 0 Å². The standard InChI is InChI=1S/C23H28O/c1-3-4-18-5-7-20(8-6-18)22-13-15-23(16-14-22)21-11-9-19(10-12-21)17(2)24/h9-16,18,20H,3-8H2,1-2H3. The second-order valence-corrected chi connectivity index (χ2v) is 7.26. The lowest BCUT2D eigenvalue weighted by Crippen LogP contribution is -2.13. The Morgan fingerprint density at radius 3 is 1.92 bits per heavy atom. The third-order valence-electron chi connectivity index (χ3n) is 5.55. The van der Waals surface area contributed by atoms with E-state index >= 15 is 0 Å². The van der Waals surface area contributed by atoms with Crippen molar-refractivity contribution in [2.45, 2.75) is 58.3 Å². The molecule has 3 rings (SSSR count). The Hall–Kier alpha value is -1.89. The van der Waals surface area contributed by atoms with E-state index in [1.165, 1.54) is 55.2 Å². The first-order chi connectivity index (χ1) is 11.7. The monoisotopic (exact) mass is 320 g/mol. The molecule has 0 spiro atoms. The Bertz CT molecular complexity index is 658. The fourth-order valence-electron chi connectivity index (χ4n) is 4.04. The van der Waals surface area contributed by atoms with Gasteiger partial charge in [-0.2, -0.15) is 0 Å². The van der Waals surface area contributed by atoms with Gasteiger partial charge in [0.1, 0.15) is 0 Å². The number of ketones is 1. The van der Waals surface area contributed by atoms with Crippen LogP contribution in [0.25, 0.3) is 11.1 Å². The van der Waals surface area contributed by atoms with Crippen molar-refractivity contribution in [2.75, 3.05) is 0 Å². The summed E-state index contributed by atoms with van der Waals surface area (Å²) in [6, 6.07) is 17.0. The fourth-order valence-corrected chi connectivity index (χ4v) is 4.04. The number of carbonyl (C=O) groups is 1. The lowest BCUT2D eigenvalue weighted by Gasteiger charge is -2.28. The van der Waals surface area contributed by atoms with Crippen molar-refractivity contribution in [1.82, 2.24) is 0 Å². The SMILES string of the molecule is CCCC1CCC(c2ccc(-c3ccc(C(C)=O)cc3)cc2)CC1. The zero-order chi connectivity index (χ0) is 16.9. The fraction of sp³-hybridized carbons (Fsp3) is 0.435. The number of carbonyl (C=O) groups excluding carboxylic acids is 1. The van der Waals surface area contributed by atoms with Crippen LogP contribution in [0.1, 0.15) is 74.2 Å². The molecule has 1 saturated carbocycles. The van der Waals surface area contributed by atoms with Crippen LogP contribution in [0.2, 0.25) is 0 Å². The van der Waals surface area contributed by atoms with Gasteiger partial charge in [-0.15, -0.1) is 0 Å². The highest BCUT2D eigenvalue weighted by atomic mass is 16.1. The van der Waals surface area contributed by atoms with Crippen LogP contribution in [-0.4, -0.2) is 5.78 Å². The average molecular weight is 320 g/mol. The summed E-state index contributed by atoms with van der Waals surface area (Å²) in [5, 5.41) is 0. The molecule has 0 aliphatic heterocycles. The minimum absolute atomic E-state index is 0.121. The van der Waals surface area contributed by atoms with Crippen LogP contribution < -0.4 is 0 Å². The molecule has 1 heteroatoms. The first kappa shape index (κ1) is 17.0. The summed E-state index contributed by atoms with van der Waals surface area (Å²) >= 11 is 0. The molecule has 2 aromatic rings. The Labute approximate surface area is 146 Å². The van der Waals surface area contributed by atoms with Crippen LogP contribution in [0.15, 0.2) is 48.5 Å². The molecular formula is C23H28O. The molecule has 0 aromatic heterocycles. The normalized spacial score (nSPS) is 20.8. The predicted molar refractivity (Wildman–Crippen MR) is 101 cm³/mol. The van der Waals surface area contributed by atoms with Gasteiger partial charge in [0, 0.05) is 5.56 Å². The first-order valence-corrected chi connectivity index (χ1v) is 9.38. The summed E-state index contributed by atoms with van der Waals surface area (Å²) in [6.07, 6.45) is 8.21. The van der Waals surface area contributed by atoms with E-state index < -0.39 is 0 Å². The maximum atomic E-state index is 11.4. The Morgan fingerprint density at radius 1 is 0.875 bits per heavy atom. The third-order valence-corrected chi connectivity index (χ3v) is 5.55.